The van der Waals surface area contributed by atoms with Gasteiger partial charge in [-0.05, 0) is 48.9 Å². The molecule has 36 heavy (non-hydrogen) atoms. The molecule has 13 heteroatoms. The molecule has 3 amide bonds. The summed E-state index contributed by atoms with van der Waals surface area (Å²) in [6.45, 7) is 0.218. The minimum Gasteiger partial charge on any atom is -0.340 e. The number of hydrogen-bond donors (Lipinski definition) is 4. The largest absolute Gasteiger partial charge is 0.340 e. The molecule has 12 nitrogen and oxygen atoms in total. The molecule has 0 bridgehead atoms. The van der Waals surface area contributed by atoms with Gasteiger partial charge in [0.25, 0.3) is 5.91 Å². The zero-order valence-electron chi connectivity index (χ0n) is 18.8. The highest BCUT2D eigenvalue weighted by molar-refractivity contribution is 7.89. The van der Waals surface area contributed by atoms with E-state index in [9.17, 15) is 22.8 Å². The van der Waals surface area contributed by atoms with Crippen LogP contribution in [0.1, 0.15) is 28.8 Å². The number of carbonyl (C=O) groups is 3. The minimum atomic E-state index is -3.79. The predicted octanol–water partition coefficient (Wildman–Crippen LogP) is 1.37. The lowest BCUT2D eigenvalue weighted by Crippen LogP contribution is -2.52. The lowest BCUT2D eigenvalue weighted by Gasteiger charge is -2.29. The Hall–Kier alpha value is -4.36. The van der Waals surface area contributed by atoms with Gasteiger partial charge in [0.05, 0.1) is 4.90 Å². The summed E-state index contributed by atoms with van der Waals surface area (Å²) in [5.41, 5.74) is 2.41. The highest BCUT2D eigenvalue weighted by Gasteiger charge is 2.39. The van der Waals surface area contributed by atoms with Crippen LogP contribution < -0.4 is 21.1 Å². The van der Waals surface area contributed by atoms with E-state index in [2.05, 4.69) is 25.9 Å². The molecule has 2 aliphatic heterocycles. The Morgan fingerprint density at radius 2 is 1.81 bits per heavy atom. The Labute approximate surface area is 206 Å². The second kappa shape index (κ2) is 9.02. The average molecular weight is 508 g/mol. The van der Waals surface area contributed by atoms with Crippen LogP contribution in [0.3, 0.4) is 0 Å². The molecule has 0 saturated carbocycles. The molecule has 2 aliphatic rings. The van der Waals surface area contributed by atoms with Gasteiger partial charge in [0.15, 0.2) is 0 Å². The maximum Gasteiger partial charge on any atom is 0.255 e. The Balaban J connectivity index is 1.34. The van der Waals surface area contributed by atoms with Crippen molar-refractivity contribution in [3.63, 3.8) is 0 Å². The fourth-order valence-corrected chi connectivity index (χ4v) is 4.70. The summed E-state index contributed by atoms with van der Waals surface area (Å²) >= 11 is 0. The summed E-state index contributed by atoms with van der Waals surface area (Å²) in [5, 5.41) is 13.6. The number of carbonyl (C=O) groups excluding carboxylic acids is 3. The highest BCUT2D eigenvalue weighted by Crippen LogP contribution is 2.33. The van der Waals surface area contributed by atoms with Crippen LogP contribution in [0, 0.1) is 0 Å². The summed E-state index contributed by atoms with van der Waals surface area (Å²) in [4.78, 5) is 46.9. The first-order chi connectivity index (χ1) is 17.2. The number of hydrogen-bond acceptors (Lipinski definition) is 9. The Morgan fingerprint density at radius 3 is 2.53 bits per heavy atom. The standard InChI is InChI=1S/C23H21N7O5S/c24-36(34,35)14-6-4-13(5-7-14)26-23-25-11-10-19(28-23)27-17-3-1-2-15-16(17)12-30(22(15)33)18-8-9-20(31)29-21(18)32/h1-7,10-11,18H,8-9,12H2,(H2,24,34,35)(H,29,31,32)(H2,25,26,27,28). The van der Waals surface area contributed by atoms with E-state index in [4.69, 9.17) is 5.14 Å². The molecule has 5 N–H and O–H groups in total. The Bertz CT molecular complexity index is 1490. The molecule has 1 aromatic heterocycles. The van der Waals surface area contributed by atoms with Crippen LogP contribution in [0.25, 0.3) is 0 Å². The number of nitrogens with two attached hydrogens (primary N) is 1. The third-order valence-electron chi connectivity index (χ3n) is 5.94. The van der Waals surface area contributed by atoms with Crippen LogP contribution in [0.2, 0.25) is 0 Å². The van der Waals surface area contributed by atoms with Crippen molar-refractivity contribution in [2.75, 3.05) is 10.6 Å². The summed E-state index contributed by atoms with van der Waals surface area (Å²) in [7, 11) is -3.79. The summed E-state index contributed by atoms with van der Waals surface area (Å²) in [5.74, 6) is -0.357. The second-order valence-corrected chi connectivity index (χ2v) is 9.88. The number of imide groups is 1. The fourth-order valence-electron chi connectivity index (χ4n) is 4.19. The molecular weight excluding hydrogens is 486 g/mol. The van der Waals surface area contributed by atoms with Gasteiger partial charge in [-0.1, -0.05) is 6.07 Å². The molecule has 3 aromatic rings. The number of piperidine rings is 1. The van der Waals surface area contributed by atoms with Gasteiger partial charge in [-0.2, -0.15) is 4.98 Å². The van der Waals surface area contributed by atoms with Gasteiger partial charge in [0.2, 0.25) is 27.8 Å². The molecule has 3 heterocycles. The number of rotatable bonds is 6. The fraction of sp³-hybridized carbons (Fsp3) is 0.174. The summed E-state index contributed by atoms with van der Waals surface area (Å²) in [6.07, 6.45) is 2.01. The van der Waals surface area contributed by atoms with Crippen molar-refractivity contribution in [2.24, 2.45) is 5.14 Å². The maximum absolute atomic E-state index is 13.0. The van der Waals surface area contributed by atoms with Crippen LogP contribution in [0.4, 0.5) is 23.1 Å². The molecule has 1 saturated heterocycles. The molecule has 0 spiro atoms. The first-order valence-electron chi connectivity index (χ1n) is 11.0. The summed E-state index contributed by atoms with van der Waals surface area (Å²) in [6, 6.07) is 12.0. The molecular formula is C23H21N7O5S. The maximum atomic E-state index is 13.0. The van der Waals surface area contributed by atoms with Gasteiger partial charge in [0.1, 0.15) is 11.9 Å². The van der Waals surface area contributed by atoms with Gasteiger partial charge < -0.3 is 15.5 Å². The highest BCUT2D eigenvalue weighted by atomic mass is 32.2. The van der Waals surface area contributed by atoms with E-state index < -0.39 is 22.0 Å². The number of benzene rings is 2. The van der Waals surface area contributed by atoms with E-state index >= 15 is 0 Å². The number of primary sulfonamides is 1. The van der Waals surface area contributed by atoms with Gasteiger partial charge >= 0.3 is 0 Å². The zero-order chi connectivity index (χ0) is 25.4. The number of nitrogens with zero attached hydrogens (tertiary/aromatic N) is 3. The lowest BCUT2D eigenvalue weighted by molar-refractivity contribution is -0.136. The number of aromatic nitrogens is 2. The summed E-state index contributed by atoms with van der Waals surface area (Å²) < 4.78 is 22.9. The number of nitrogens with one attached hydrogen (secondary N) is 3. The van der Waals surface area contributed by atoms with Crippen molar-refractivity contribution >= 4 is 50.9 Å². The van der Waals surface area contributed by atoms with Crippen molar-refractivity contribution in [1.29, 1.82) is 0 Å². The monoisotopic (exact) mass is 507 g/mol. The molecule has 0 radical (unpaired) electrons. The molecule has 184 valence electrons. The van der Waals surface area contributed by atoms with E-state index in [0.29, 0.717) is 22.8 Å². The SMILES string of the molecule is NS(=O)(=O)c1ccc(Nc2nccc(Nc3cccc4c3CN(C3CCC(=O)NC3=O)C4=O)n2)cc1. The topological polar surface area (TPSA) is 176 Å². The Kier molecular flexibility index (Phi) is 5.86. The number of sulfonamides is 1. The average Bonchev–Trinajstić information content (AvgIpc) is 3.16. The first kappa shape index (κ1) is 23.4. The zero-order valence-corrected chi connectivity index (χ0v) is 19.6. The van der Waals surface area contributed by atoms with Crippen LogP contribution in [0.15, 0.2) is 59.6 Å². The predicted molar refractivity (Wildman–Crippen MR) is 129 cm³/mol. The van der Waals surface area contributed by atoms with Gasteiger partial charge in [-0.25, -0.2) is 18.5 Å². The van der Waals surface area contributed by atoms with Crippen molar-refractivity contribution in [3.05, 3.63) is 65.9 Å². The van der Waals surface area contributed by atoms with Crippen molar-refractivity contribution in [2.45, 2.75) is 30.3 Å². The molecule has 5 rings (SSSR count). The van der Waals surface area contributed by atoms with E-state index in [1.54, 1.807) is 42.6 Å². The van der Waals surface area contributed by atoms with Gasteiger partial charge in [0, 0.05) is 41.7 Å². The second-order valence-electron chi connectivity index (χ2n) is 8.32. The van der Waals surface area contributed by atoms with Crippen molar-refractivity contribution in [1.82, 2.24) is 20.2 Å². The van der Waals surface area contributed by atoms with Crippen LogP contribution in [0.5, 0.6) is 0 Å². The minimum absolute atomic E-state index is 0.0109. The quantitative estimate of drug-likeness (QED) is 0.359. The molecule has 2 aromatic carbocycles. The number of fused-ring (bicyclic) bond motifs is 1. The van der Waals surface area contributed by atoms with Crippen molar-refractivity contribution in [3.8, 4) is 0 Å². The first-order valence-corrected chi connectivity index (χ1v) is 12.5. The van der Waals surface area contributed by atoms with E-state index in [1.807, 2.05) is 0 Å². The molecule has 0 aliphatic carbocycles. The van der Waals surface area contributed by atoms with Gasteiger partial charge in [-0.3, -0.25) is 19.7 Å². The van der Waals surface area contributed by atoms with E-state index in [-0.39, 0.29) is 42.0 Å². The van der Waals surface area contributed by atoms with Crippen LogP contribution in [-0.4, -0.2) is 47.0 Å². The molecule has 1 unspecified atom stereocenters. The number of anilines is 4. The lowest BCUT2D eigenvalue weighted by atomic mass is 10.0. The molecule has 1 atom stereocenters. The van der Waals surface area contributed by atoms with E-state index in [0.717, 1.165) is 5.56 Å². The van der Waals surface area contributed by atoms with Gasteiger partial charge in [-0.15, -0.1) is 0 Å². The number of amides is 3. The Morgan fingerprint density at radius 1 is 1.03 bits per heavy atom. The third kappa shape index (κ3) is 4.61. The normalized spacial score (nSPS) is 17.5. The van der Waals surface area contributed by atoms with Crippen molar-refractivity contribution < 1.29 is 22.8 Å². The third-order valence-corrected chi connectivity index (χ3v) is 6.87. The smallest absolute Gasteiger partial charge is 0.255 e. The molecule has 1 fully saturated rings. The van der Waals surface area contributed by atoms with E-state index in [1.165, 1.54) is 17.0 Å². The van der Waals surface area contributed by atoms with Crippen LogP contribution in [-0.2, 0) is 26.2 Å². The van der Waals surface area contributed by atoms with Crippen LogP contribution >= 0.6 is 0 Å².